The molecule has 2 rings (SSSR count). The number of amides is 1. The van der Waals surface area contributed by atoms with E-state index in [2.05, 4.69) is 10.6 Å². The Morgan fingerprint density at radius 3 is 2.84 bits per heavy atom. The van der Waals surface area contributed by atoms with Crippen LogP contribution >= 0.6 is 0 Å². The van der Waals surface area contributed by atoms with Crippen LogP contribution in [0.15, 0.2) is 18.2 Å². The fourth-order valence-electron chi connectivity index (χ4n) is 1.80. The number of aliphatic hydroxyl groups excluding tert-OH is 1. The molecular weight excluding hydrogens is 247 g/mol. The second-order valence-corrected chi connectivity index (χ2v) is 4.93. The highest BCUT2D eigenvalue weighted by Crippen LogP contribution is 2.27. The molecule has 4 nitrogen and oxygen atoms in total. The quantitative estimate of drug-likeness (QED) is 0.688. The number of benzene rings is 1. The highest BCUT2D eigenvalue weighted by Gasteiger charge is 2.20. The van der Waals surface area contributed by atoms with Crippen LogP contribution in [0.5, 0.6) is 0 Å². The van der Waals surface area contributed by atoms with E-state index in [-0.39, 0.29) is 18.1 Å². The number of carbonyl (C=O) groups is 1. The zero-order valence-corrected chi connectivity index (χ0v) is 10.8. The van der Waals surface area contributed by atoms with Crippen LogP contribution in [0.2, 0.25) is 0 Å². The molecule has 1 aromatic rings. The van der Waals surface area contributed by atoms with Crippen LogP contribution in [0.4, 0.5) is 4.39 Å². The lowest BCUT2D eigenvalue weighted by atomic mass is 10.1. The van der Waals surface area contributed by atoms with Gasteiger partial charge in [-0.2, -0.15) is 0 Å². The molecule has 1 aromatic carbocycles. The number of hydrogen-bond acceptors (Lipinski definition) is 3. The summed E-state index contributed by atoms with van der Waals surface area (Å²) in [6.45, 7) is 1.18. The third kappa shape index (κ3) is 4.61. The van der Waals surface area contributed by atoms with E-state index in [1.54, 1.807) is 6.07 Å². The van der Waals surface area contributed by atoms with E-state index in [1.165, 1.54) is 25.0 Å². The largest absolute Gasteiger partial charge is 0.392 e. The Labute approximate surface area is 112 Å². The van der Waals surface area contributed by atoms with Crippen LogP contribution in [0.25, 0.3) is 0 Å². The van der Waals surface area contributed by atoms with Gasteiger partial charge in [-0.25, -0.2) is 4.39 Å². The van der Waals surface area contributed by atoms with Crippen LogP contribution in [-0.4, -0.2) is 24.1 Å². The molecule has 0 aromatic heterocycles. The Morgan fingerprint density at radius 2 is 2.21 bits per heavy atom. The molecule has 0 heterocycles. The van der Waals surface area contributed by atoms with Crippen molar-refractivity contribution in [3.05, 3.63) is 35.1 Å². The van der Waals surface area contributed by atoms with Gasteiger partial charge in [0.15, 0.2) is 0 Å². The maximum absolute atomic E-state index is 13.4. The molecule has 0 spiro atoms. The molecule has 1 amide bonds. The van der Waals surface area contributed by atoms with Gasteiger partial charge in [-0.15, -0.1) is 0 Å². The van der Waals surface area contributed by atoms with Crippen molar-refractivity contribution >= 4 is 5.91 Å². The summed E-state index contributed by atoms with van der Waals surface area (Å²) >= 11 is 0. The van der Waals surface area contributed by atoms with E-state index in [1.807, 2.05) is 0 Å². The number of carbonyl (C=O) groups excluding carboxylic acids is 1. The van der Waals surface area contributed by atoms with Crippen molar-refractivity contribution in [2.75, 3.05) is 13.1 Å². The Morgan fingerprint density at radius 1 is 1.42 bits per heavy atom. The Bertz CT molecular complexity index is 447. The van der Waals surface area contributed by atoms with Crippen molar-refractivity contribution in [2.45, 2.75) is 26.0 Å². The van der Waals surface area contributed by atoms with Gasteiger partial charge < -0.3 is 15.7 Å². The molecule has 0 saturated heterocycles. The number of halogens is 1. The van der Waals surface area contributed by atoms with Crippen molar-refractivity contribution in [3.63, 3.8) is 0 Å². The summed E-state index contributed by atoms with van der Waals surface area (Å²) in [4.78, 5) is 11.5. The normalized spacial score (nSPS) is 14.4. The van der Waals surface area contributed by atoms with Gasteiger partial charge in [0.2, 0.25) is 5.91 Å². The zero-order valence-electron chi connectivity index (χ0n) is 10.8. The molecular formula is C14H19FN2O2. The summed E-state index contributed by atoms with van der Waals surface area (Å²) in [7, 11) is 0. The fraction of sp³-hybridized carbons (Fsp3) is 0.500. The lowest BCUT2D eigenvalue weighted by Gasteiger charge is -2.07. The first-order valence-corrected chi connectivity index (χ1v) is 6.54. The van der Waals surface area contributed by atoms with E-state index in [0.717, 1.165) is 12.5 Å². The van der Waals surface area contributed by atoms with Gasteiger partial charge in [-0.3, -0.25) is 4.79 Å². The second kappa shape index (κ2) is 6.63. The molecule has 1 saturated carbocycles. The summed E-state index contributed by atoms with van der Waals surface area (Å²) in [5.74, 6) is 0.210. The fourth-order valence-corrected chi connectivity index (χ4v) is 1.80. The van der Waals surface area contributed by atoms with E-state index >= 15 is 0 Å². The van der Waals surface area contributed by atoms with Crippen molar-refractivity contribution in [1.29, 1.82) is 0 Å². The minimum absolute atomic E-state index is 0.0905. The lowest BCUT2D eigenvalue weighted by molar-refractivity contribution is -0.120. The number of aliphatic hydroxyl groups is 1. The van der Waals surface area contributed by atoms with E-state index in [4.69, 9.17) is 5.11 Å². The Balaban J connectivity index is 1.71. The minimum atomic E-state index is -0.443. The van der Waals surface area contributed by atoms with E-state index < -0.39 is 5.82 Å². The smallest absolute Gasteiger partial charge is 0.234 e. The van der Waals surface area contributed by atoms with Gasteiger partial charge in [0.1, 0.15) is 5.82 Å². The molecule has 1 aliphatic carbocycles. The van der Waals surface area contributed by atoms with Gasteiger partial charge in [0, 0.05) is 12.1 Å². The summed E-state index contributed by atoms with van der Waals surface area (Å²) in [5, 5.41) is 14.7. The third-order valence-electron chi connectivity index (χ3n) is 3.19. The topological polar surface area (TPSA) is 61.4 Å². The molecule has 0 radical (unpaired) electrons. The van der Waals surface area contributed by atoms with Crippen molar-refractivity contribution in [2.24, 2.45) is 5.92 Å². The molecule has 0 bridgehead atoms. The molecule has 1 aliphatic rings. The van der Waals surface area contributed by atoms with Crippen molar-refractivity contribution in [1.82, 2.24) is 10.6 Å². The molecule has 0 unspecified atom stereocenters. The lowest BCUT2D eigenvalue weighted by Crippen LogP contribution is -2.34. The molecule has 3 N–H and O–H groups in total. The van der Waals surface area contributed by atoms with Crippen LogP contribution in [0.1, 0.15) is 24.0 Å². The summed E-state index contributed by atoms with van der Waals surface area (Å²) < 4.78 is 13.4. The minimum Gasteiger partial charge on any atom is -0.392 e. The average molecular weight is 266 g/mol. The van der Waals surface area contributed by atoms with Gasteiger partial charge in [-0.05, 0) is 36.9 Å². The molecule has 19 heavy (non-hydrogen) atoms. The number of nitrogens with one attached hydrogen (secondary N) is 2. The van der Waals surface area contributed by atoms with Gasteiger partial charge in [-0.1, -0.05) is 12.1 Å². The highest BCUT2D eigenvalue weighted by atomic mass is 19.1. The Kier molecular flexibility index (Phi) is 4.87. The Hall–Kier alpha value is -1.46. The van der Waals surface area contributed by atoms with E-state index in [9.17, 15) is 9.18 Å². The molecule has 1 fully saturated rings. The average Bonchev–Trinajstić information content (AvgIpc) is 3.20. The highest BCUT2D eigenvalue weighted by molar-refractivity contribution is 5.77. The number of hydrogen-bond donors (Lipinski definition) is 3. The number of rotatable bonds is 7. The van der Waals surface area contributed by atoms with E-state index in [0.29, 0.717) is 18.7 Å². The van der Waals surface area contributed by atoms with Crippen LogP contribution in [0.3, 0.4) is 0 Å². The van der Waals surface area contributed by atoms with Gasteiger partial charge in [0.25, 0.3) is 0 Å². The predicted octanol–water partition coefficient (Wildman–Crippen LogP) is 0.934. The van der Waals surface area contributed by atoms with Gasteiger partial charge >= 0.3 is 0 Å². The molecule has 104 valence electrons. The summed E-state index contributed by atoms with van der Waals surface area (Å²) in [5.41, 5.74) is 0.950. The van der Waals surface area contributed by atoms with Crippen molar-refractivity contribution < 1.29 is 14.3 Å². The maximum atomic E-state index is 13.4. The first-order valence-electron chi connectivity index (χ1n) is 6.54. The first kappa shape index (κ1) is 14.0. The van der Waals surface area contributed by atoms with Crippen LogP contribution in [-0.2, 0) is 17.9 Å². The third-order valence-corrected chi connectivity index (χ3v) is 3.19. The van der Waals surface area contributed by atoms with Crippen LogP contribution < -0.4 is 10.6 Å². The standard InChI is InChI=1S/C14H19FN2O2/c15-13-5-11(3-4-12(13)9-18)7-17-14(19)8-16-6-10-1-2-10/h3-5,10,16,18H,1-2,6-9H2,(H,17,19). The second-order valence-electron chi connectivity index (χ2n) is 4.93. The SMILES string of the molecule is O=C(CNCC1CC1)NCc1ccc(CO)c(F)c1. The summed E-state index contributed by atoms with van der Waals surface area (Å²) in [6.07, 6.45) is 2.51. The molecule has 0 atom stereocenters. The van der Waals surface area contributed by atoms with Gasteiger partial charge in [0.05, 0.1) is 13.2 Å². The first-order chi connectivity index (χ1) is 9.19. The zero-order chi connectivity index (χ0) is 13.7. The molecule has 0 aliphatic heterocycles. The molecule has 5 heteroatoms. The summed E-state index contributed by atoms with van der Waals surface area (Å²) in [6, 6.07) is 4.57. The maximum Gasteiger partial charge on any atom is 0.234 e. The van der Waals surface area contributed by atoms with Crippen molar-refractivity contribution in [3.8, 4) is 0 Å². The monoisotopic (exact) mass is 266 g/mol. The predicted molar refractivity (Wildman–Crippen MR) is 69.8 cm³/mol. The van der Waals surface area contributed by atoms with Crippen LogP contribution in [0, 0.1) is 11.7 Å².